The molecule has 1 unspecified atom stereocenters. The third-order valence-electron chi connectivity index (χ3n) is 3.52. The molecule has 1 saturated heterocycles. The molecule has 104 valence electrons. The summed E-state index contributed by atoms with van der Waals surface area (Å²) in [7, 11) is 0. The fourth-order valence-corrected chi connectivity index (χ4v) is 2.56. The van der Waals surface area contributed by atoms with Crippen LogP contribution in [0.3, 0.4) is 0 Å². The molecule has 0 radical (unpaired) electrons. The summed E-state index contributed by atoms with van der Waals surface area (Å²) in [5.41, 5.74) is 0. The minimum atomic E-state index is -0.491. The first-order chi connectivity index (χ1) is 8.65. The van der Waals surface area contributed by atoms with Gasteiger partial charge in [0.1, 0.15) is 0 Å². The van der Waals surface area contributed by atoms with Crippen molar-refractivity contribution in [1.29, 1.82) is 0 Å². The van der Waals surface area contributed by atoms with Crippen LogP contribution in [0.1, 0.15) is 39.5 Å². The van der Waals surface area contributed by atoms with Crippen molar-refractivity contribution in [1.82, 2.24) is 0 Å². The summed E-state index contributed by atoms with van der Waals surface area (Å²) >= 11 is 0. The monoisotopic (exact) mass is 258 g/mol. The van der Waals surface area contributed by atoms with Gasteiger partial charge in [0.2, 0.25) is 0 Å². The lowest BCUT2D eigenvalue weighted by molar-refractivity contribution is -0.198. The Labute approximate surface area is 108 Å². The van der Waals surface area contributed by atoms with E-state index >= 15 is 0 Å². The molecule has 1 spiro atoms. The van der Waals surface area contributed by atoms with Crippen molar-refractivity contribution in [3.8, 4) is 0 Å². The highest BCUT2D eigenvalue weighted by Gasteiger charge is 2.41. The second-order valence-corrected chi connectivity index (χ2v) is 4.84. The number of carbonyl (C=O) groups is 1. The van der Waals surface area contributed by atoms with Gasteiger partial charge in [0.05, 0.1) is 25.9 Å². The molecule has 2 rings (SSSR count). The van der Waals surface area contributed by atoms with E-state index in [9.17, 15) is 4.79 Å². The molecule has 0 aromatic carbocycles. The van der Waals surface area contributed by atoms with Crippen LogP contribution in [-0.2, 0) is 23.7 Å². The van der Waals surface area contributed by atoms with Gasteiger partial charge in [-0.05, 0) is 26.7 Å². The molecule has 5 nitrogen and oxygen atoms in total. The minimum Gasteiger partial charge on any atom is -0.464 e. The largest absolute Gasteiger partial charge is 0.464 e. The fraction of sp³-hybridized carbons (Fsp3) is 0.923. The highest BCUT2D eigenvalue weighted by molar-refractivity contribution is 5.74. The Morgan fingerprint density at radius 2 is 1.94 bits per heavy atom. The molecule has 1 heterocycles. The summed E-state index contributed by atoms with van der Waals surface area (Å²) in [5, 5.41) is 0. The average Bonchev–Trinajstić information content (AvgIpc) is 2.81. The first kappa shape index (κ1) is 13.8. The zero-order chi connectivity index (χ0) is 13.0. The van der Waals surface area contributed by atoms with Gasteiger partial charge in [0.15, 0.2) is 11.9 Å². The smallest absolute Gasteiger partial charge is 0.334 e. The summed E-state index contributed by atoms with van der Waals surface area (Å²) in [6, 6.07) is 0. The van der Waals surface area contributed by atoms with Gasteiger partial charge in [0.25, 0.3) is 0 Å². The van der Waals surface area contributed by atoms with E-state index in [0.29, 0.717) is 19.8 Å². The zero-order valence-electron chi connectivity index (χ0n) is 11.1. The van der Waals surface area contributed by atoms with Gasteiger partial charge in [-0.25, -0.2) is 4.79 Å². The SMILES string of the molecule is CCOC(=O)C(C)OC1CCC2(CC1)OCCO2. The molecular weight excluding hydrogens is 236 g/mol. The first-order valence-corrected chi connectivity index (χ1v) is 6.75. The molecule has 0 bridgehead atoms. The number of esters is 1. The lowest BCUT2D eigenvalue weighted by Crippen LogP contribution is -2.39. The molecule has 0 N–H and O–H groups in total. The molecule has 1 atom stereocenters. The topological polar surface area (TPSA) is 54.0 Å². The molecule has 0 aromatic heterocycles. The highest BCUT2D eigenvalue weighted by atomic mass is 16.7. The van der Waals surface area contributed by atoms with Crippen LogP contribution >= 0.6 is 0 Å². The summed E-state index contributed by atoms with van der Waals surface area (Å²) < 4.78 is 22.0. The van der Waals surface area contributed by atoms with Crippen LogP contribution in [0.4, 0.5) is 0 Å². The zero-order valence-corrected chi connectivity index (χ0v) is 11.1. The number of hydrogen-bond acceptors (Lipinski definition) is 5. The van der Waals surface area contributed by atoms with Gasteiger partial charge in [-0.15, -0.1) is 0 Å². The van der Waals surface area contributed by atoms with E-state index in [1.54, 1.807) is 13.8 Å². The van der Waals surface area contributed by atoms with E-state index in [-0.39, 0.29) is 17.9 Å². The lowest BCUT2D eigenvalue weighted by Gasteiger charge is -2.35. The first-order valence-electron chi connectivity index (χ1n) is 6.75. The maximum absolute atomic E-state index is 11.5. The van der Waals surface area contributed by atoms with E-state index in [0.717, 1.165) is 25.7 Å². The summed E-state index contributed by atoms with van der Waals surface area (Å²) in [5.74, 6) is -0.654. The van der Waals surface area contributed by atoms with E-state index in [2.05, 4.69) is 0 Å². The predicted molar refractivity (Wildman–Crippen MR) is 64.1 cm³/mol. The van der Waals surface area contributed by atoms with Crippen LogP contribution in [0.5, 0.6) is 0 Å². The highest BCUT2D eigenvalue weighted by Crippen LogP contribution is 2.36. The second kappa shape index (κ2) is 5.99. The Morgan fingerprint density at radius 1 is 1.33 bits per heavy atom. The van der Waals surface area contributed by atoms with Gasteiger partial charge in [-0.3, -0.25) is 0 Å². The van der Waals surface area contributed by atoms with Crippen molar-refractivity contribution in [3.05, 3.63) is 0 Å². The van der Waals surface area contributed by atoms with Crippen molar-refractivity contribution in [2.24, 2.45) is 0 Å². The van der Waals surface area contributed by atoms with Gasteiger partial charge in [-0.2, -0.15) is 0 Å². The normalized spacial score (nSPS) is 25.2. The molecule has 1 aliphatic carbocycles. The number of carbonyl (C=O) groups excluding carboxylic acids is 1. The predicted octanol–water partition coefficient (Wildman–Crippen LogP) is 1.64. The van der Waals surface area contributed by atoms with Crippen molar-refractivity contribution < 1.29 is 23.7 Å². The summed E-state index contributed by atoms with van der Waals surface area (Å²) in [6.07, 6.45) is 3.02. The number of rotatable bonds is 4. The molecule has 18 heavy (non-hydrogen) atoms. The van der Waals surface area contributed by atoms with Crippen molar-refractivity contribution in [2.75, 3.05) is 19.8 Å². The van der Waals surface area contributed by atoms with E-state index in [4.69, 9.17) is 18.9 Å². The van der Waals surface area contributed by atoms with Crippen LogP contribution in [0, 0.1) is 0 Å². The second-order valence-electron chi connectivity index (χ2n) is 4.84. The molecule has 1 aliphatic heterocycles. The van der Waals surface area contributed by atoms with Crippen molar-refractivity contribution >= 4 is 5.97 Å². The maximum Gasteiger partial charge on any atom is 0.334 e. The lowest BCUT2D eigenvalue weighted by atomic mass is 9.91. The quantitative estimate of drug-likeness (QED) is 0.717. The van der Waals surface area contributed by atoms with Crippen molar-refractivity contribution in [2.45, 2.75) is 57.5 Å². The number of ether oxygens (including phenoxy) is 4. The number of hydrogen-bond donors (Lipinski definition) is 0. The van der Waals surface area contributed by atoms with Gasteiger partial charge >= 0.3 is 5.97 Å². The van der Waals surface area contributed by atoms with Crippen LogP contribution in [0.25, 0.3) is 0 Å². The molecule has 1 saturated carbocycles. The Hall–Kier alpha value is -0.650. The Morgan fingerprint density at radius 3 is 2.50 bits per heavy atom. The van der Waals surface area contributed by atoms with Crippen LogP contribution in [-0.4, -0.2) is 43.8 Å². The minimum absolute atomic E-state index is 0.0998. The Kier molecular flexibility index (Phi) is 4.59. The maximum atomic E-state index is 11.5. The van der Waals surface area contributed by atoms with Gasteiger partial charge in [-0.1, -0.05) is 0 Å². The summed E-state index contributed by atoms with van der Waals surface area (Å²) in [4.78, 5) is 11.5. The summed E-state index contributed by atoms with van der Waals surface area (Å²) in [6.45, 7) is 5.30. The standard InChI is InChI=1S/C13H22O5/c1-3-15-12(14)10(2)18-11-4-6-13(7-5-11)16-8-9-17-13/h10-11H,3-9H2,1-2H3. The van der Waals surface area contributed by atoms with E-state index in [1.165, 1.54) is 0 Å². The molecule has 2 aliphatic rings. The average molecular weight is 258 g/mol. The van der Waals surface area contributed by atoms with Gasteiger partial charge < -0.3 is 18.9 Å². The van der Waals surface area contributed by atoms with E-state index in [1.807, 2.05) is 0 Å². The molecular formula is C13H22O5. The fourth-order valence-electron chi connectivity index (χ4n) is 2.56. The van der Waals surface area contributed by atoms with E-state index < -0.39 is 6.10 Å². The van der Waals surface area contributed by atoms with Crippen molar-refractivity contribution in [3.63, 3.8) is 0 Å². The Balaban J connectivity index is 1.74. The molecule has 0 amide bonds. The van der Waals surface area contributed by atoms with Crippen LogP contribution < -0.4 is 0 Å². The molecule has 2 fully saturated rings. The molecule has 5 heteroatoms. The molecule has 0 aromatic rings. The third kappa shape index (κ3) is 3.22. The third-order valence-corrected chi connectivity index (χ3v) is 3.52. The van der Waals surface area contributed by atoms with Crippen LogP contribution in [0.2, 0.25) is 0 Å². The Bertz CT molecular complexity index is 275. The van der Waals surface area contributed by atoms with Gasteiger partial charge in [0, 0.05) is 12.8 Å². The van der Waals surface area contributed by atoms with Crippen LogP contribution in [0.15, 0.2) is 0 Å².